The molecule has 2 aromatic carbocycles. The van der Waals surface area contributed by atoms with E-state index in [0.717, 1.165) is 24.3 Å². The van der Waals surface area contributed by atoms with Crippen LogP contribution in [0.4, 0.5) is 37.8 Å². The fourth-order valence-corrected chi connectivity index (χ4v) is 3.71. The van der Waals surface area contributed by atoms with E-state index >= 15 is 0 Å². The number of nitrogens with zero attached hydrogens (tertiary/aromatic N) is 2. The van der Waals surface area contributed by atoms with Crippen LogP contribution in [0.5, 0.6) is 5.75 Å². The fraction of sp³-hybridized carbons (Fsp3) is 0.273. The minimum atomic E-state index is -4.65. The molecule has 0 bridgehead atoms. The zero-order valence-electron chi connectivity index (χ0n) is 17.5. The Hall–Kier alpha value is -3.70. The van der Waals surface area contributed by atoms with E-state index in [4.69, 9.17) is 4.74 Å². The van der Waals surface area contributed by atoms with E-state index in [-0.39, 0.29) is 23.6 Å². The van der Waals surface area contributed by atoms with Crippen molar-refractivity contribution in [3.05, 3.63) is 71.4 Å². The summed E-state index contributed by atoms with van der Waals surface area (Å²) in [5.74, 6) is -0.431. The molecule has 0 saturated carbocycles. The Labute approximate surface area is 189 Å². The van der Waals surface area contributed by atoms with Crippen molar-refractivity contribution >= 4 is 17.4 Å². The van der Waals surface area contributed by atoms with Crippen molar-refractivity contribution < 1.29 is 35.9 Å². The second-order valence-electron chi connectivity index (χ2n) is 7.66. The highest BCUT2D eigenvalue weighted by atomic mass is 19.4. The predicted molar refractivity (Wildman–Crippen MR) is 111 cm³/mol. The number of carbonyl (C=O) groups is 1. The highest BCUT2D eigenvalue weighted by molar-refractivity contribution is 6.03. The van der Waals surface area contributed by atoms with E-state index in [9.17, 15) is 31.1 Å². The summed E-state index contributed by atoms with van der Waals surface area (Å²) in [6, 6.07) is 8.83. The summed E-state index contributed by atoms with van der Waals surface area (Å²) in [5, 5.41) is 9.00. The van der Waals surface area contributed by atoms with Gasteiger partial charge in [-0.3, -0.25) is 4.79 Å². The molecule has 0 saturated heterocycles. The van der Waals surface area contributed by atoms with E-state index < -0.39 is 35.9 Å². The zero-order valence-corrected chi connectivity index (χ0v) is 17.5. The van der Waals surface area contributed by atoms with Crippen molar-refractivity contribution in [3.8, 4) is 5.75 Å². The molecular weight excluding hydrogens is 466 g/mol. The van der Waals surface area contributed by atoms with Gasteiger partial charge < -0.3 is 15.4 Å². The Kier molecular flexibility index (Phi) is 5.92. The SMILES string of the molecule is COc1ccc([C@@H]2C[C@@H](C(F)(F)F)n3nc(C(=O)Nc4cccc(C(F)(F)F)c4)cc3N2)cc1. The predicted octanol–water partition coefficient (Wildman–Crippen LogP) is 5.82. The Morgan fingerprint density at radius 1 is 1.09 bits per heavy atom. The van der Waals surface area contributed by atoms with Gasteiger partial charge in [0.1, 0.15) is 11.6 Å². The molecule has 12 heteroatoms. The maximum absolute atomic E-state index is 13.8. The van der Waals surface area contributed by atoms with Gasteiger partial charge in [0, 0.05) is 18.2 Å². The number of hydrogen-bond acceptors (Lipinski definition) is 4. The third-order valence-electron chi connectivity index (χ3n) is 5.39. The van der Waals surface area contributed by atoms with Crippen LogP contribution in [0.25, 0.3) is 0 Å². The smallest absolute Gasteiger partial charge is 0.416 e. The zero-order chi connectivity index (χ0) is 24.7. The van der Waals surface area contributed by atoms with Crippen LogP contribution in [0.1, 0.15) is 40.1 Å². The summed E-state index contributed by atoms with van der Waals surface area (Å²) >= 11 is 0. The summed E-state index contributed by atoms with van der Waals surface area (Å²) in [4.78, 5) is 12.6. The summed E-state index contributed by atoms with van der Waals surface area (Å²) in [6.45, 7) is 0. The molecule has 34 heavy (non-hydrogen) atoms. The van der Waals surface area contributed by atoms with Crippen LogP contribution >= 0.6 is 0 Å². The fourth-order valence-electron chi connectivity index (χ4n) is 3.71. The van der Waals surface area contributed by atoms with E-state index in [2.05, 4.69) is 15.7 Å². The number of benzene rings is 2. The average molecular weight is 484 g/mol. The maximum Gasteiger partial charge on any atom is 0.416 e. The number of carbonyl (C=O) groups excluding carboxylic acids is 1. The largest absolute Gasteiger partial charge is 0.497 e. The number of aromatic nitrogens is 2. The van der Waals surface area contributed by atoms with Crippen molar-refractivity contribution in [2.75, 3.05) is 17.7 Å². The molecule has 0 fully saturated rings. The average Bonchev–Trinajstić information content (AvgIpc) is 3.22. The lowest BCUT2D eigenvalue weighted by Gasteiger charge is -2.33. The van der Waals surface area contributed by atoms with Gasteiger partial charge in [0.05, 0.1) is 18.7 Å². The second kappa shape index (κ2) is 8.58. The molecular formula is C22H18F6N4O2. The molecule has 6 nitrogen and oxygen atoms in total. The number of halogens is 6. The monoisotopic (exact) mass is 484 g/mol. The molecule has 1 aliphatic heterocycles. The highest BCUT2D eigenvalue weighted by Crippen LogP contribution is 2.44. The van der Waals surface area contributed by atoms with Crippen LogP contribution in [0.15, 0.2) is 54.6 Å². The van der Waals surface area contributed by atoms with Crippen LogP contribution in [0.2, 0.25) is 0 Å². The quantitative estimate of drug-likeness (QED) is 0.458. The molecule has 1 aliphatic rings. The first kappa shape index (κ1) is 23.5. The Morgan fingerprint density at radius 2 is 1.79 bits per heavy atom. The minimum Gasteiger partial charge on any atom is -0.497 e. The molecule has 0 unspecified atom stereocenters. The number of hydrogen-bond donors (Lipinski definition) is 2. The molecule has 2 atom stereocenters. The Balaban J connectivity index is 1.61. The first-order valence-electron chi connectivity index (χ1n) is 10.0. The summed E-state index contributed by atoms with van der Waals surface area (Å²) < 4.78 is 85.9. The van der Waals surface area contributed by atoms with Crippen molar-refractivity contribution in [1.82, 2.24) is 9.78 Å². The van der Waals surface area contributed by atoms with E-state index in [0.29, 0.717) is 16.0 Å². The molecule has 2 N–H and O–H groups in total. The standard InChI is InChI=1S/C22H18F6N4O2/c1-34-15-7-5-12(6-8-15)16-10-18(22(26,27)28)32-19(30-16)11-17(31-32)20(33)29-14-4-2-3-13(9-14)21(23,24)25/h2-9,11,16,18,30H,10H2,1H3,(H,29,33)/t16-,18-/m0/s1. The van der Waals surface area contributed by atoms with Gasteiger partial charge in [-0.05, 0) is 35.9 Å². The molecule has 1 aromatic heterocycles. The van der Waals surface area contributed by atoms with E-state index in [1.54, 1.807) is 24.3 Å². The van der Waals surface area contributed by atoms with Gasteiger partial charge in [0.2, 0.25) is 0 Å². The van der Waals surface area contributed by atoms with Crippen molar-refractivity contribution in [2.45, 2.75) is 30.9 Å². The summed E-state index contributed by atoms with van der Waals surface area (Å²) in [7, 11) is 1.47. The third-order valence-corrected chi connectivity index (χ3v) is 5.39. The number of alkyl halides is 6. The maximum atomic E-state index is 13.8. The molecule has 4 rings (SSSR count). The van der Waals surface area contributed by atoms with E-state index in [1.807, 2.05) is 0 Å². The van der Waals surface area contributed by atoms with Crippen LogP contribution in [0, 0.1) is 0 Å². The molecule has 180 valence electrons. The lowest BCUT2D eigenvalue weighted by molar-refractivity contribution is -0.173. The number of fused-ring (bicyclic) bond motifs is 1. The second-order valence-corrected chi connectivity index (χ2v) is 7.66. The van der Waals surface area contributed by atoms with Gasteiger partial charge in [-0.1, -0.05) is 18.2 Å². The number of ether oxygens (including phenoxy) is 1. The lowest BCUT2D eigenvalue weighted by Crippen LogP contribution is -2.35. The van der Waals surface area contributed by atoms with Gasteiger partial charge in [-0.2, -0.15) is 31.4 Å². The van der Waals surface area contributed by atoms with Crippen molar-refractivity contribution in [3.63, 3.8) is 0 Å². The highest BCUT2D eigenvalue weighted by Gasteiger charge is 2.46. The molecule has 0 aliphatic carbocycles. The van der Waals surface area contributed by atoms with Gasteiger partial charge in [-0.25, -0.2) is 4.68 Å². The number of rotatable bonds is 4. The first-order valence-corrected chi connectivity index (χ1v) is 10.0. The Morgan fingerprint density at radius 3 is 2.41 bits per heavy atom. The number of amides is 1. The number of methoxy groups -OCH3 is 1. The van der Waals surface area contributed by atoms with Gasteiger partial charge in [0.15, 0.2) is 11.7 Å². The molecule has 1 amide bonds. The summed E-state index contributed by atoms with van der Waals surface area (Å²) in [6.07, 6.45) is -9.64. The van der Waals surface area contributed by atoms with E-state index in [1.165, 1.54) is 13.2 Å². The Bertz CT molecular complexity index is 1190. The molecule has 0 radical (unpaired) electrons. The molecule has 3 aromatic rings. The molecule has 2 heterocycles. The van der Waals surface area contributed by atoms with Crippen LogP contribution in [-0.4, -0.2) is 29.0 Å². The van der Waals surface area contributed by atoms with Gasteiger partial charge in [-0.15, -0.1) is 0 Å². The van der Waals surface area contributed by atoms with Crippen molar-refractivity contribution in [1.29, 1.82) is 0 Å². The molecule has 0 spiro atoms. The van der Waals surface area contributed by atoms with Gasteiger partial charge >= 0.3 is 12.4 Å². The number of anilines is 2. The van der Waals surface area contributed by atoms with Crippen molar-refractivity contribution in [2.24, 2.45) is 0 Å². The van der Waals surface area contributed by atoms with Crippen LogP contribution in [-0.2, 0) is 6.18 Å². The van der Waals surface area contributed by atoms with Gasteiger partial charge in [0.25, 0.3) is 5.91 Å². The minimum absolute atomic E-state index is 0.0383. The van der Waals surface area contributed by atoms with Crippen LogP contribution in [0.3, 0.4) is 0 Å². The third kappa shape index (κ3) is 4.80. The number of nitrogens with one attached hydrogen (secondary N) is 2. The summed E-state index contributed by atoms with van der Waals surface area (Å²) in [5.41, 5.74) is -0.931. The van der Waals surface area contributed by atoms with Crippen LogP contribution < -0.4 is 15.4 Å². The normalized spacial score (nSPS) is 18.1. The first-order chi connectivity index (χ1) is 16.0. The topological polar surface area (TPSA) is 68.2 Å². The lowest BCUT2D eigenvalue weighted by atomic mass is 9.97.